The van der Waals surface area contributed by atoms with E-state index in [2.05, 4.69) is 11.8 Å². The first-order chi connectivity index (χ1) is 9.40. The highest BCUT2D eigenvalue weighted by Gasteiger charge is 2.31. The Morgan fingerprint density at radius 1 is 1.35 bits per heavy atom. The Labute approximate surface area is 117 Å². The summed E-state index contributed by atoms with van der Waals surface area (Å²) in [7, 11) is 0. The van der Waals surface area contributed by atoms with Crippen LogP contribution in [0.1, 0.15) is 24.5 Å². The van der Waals surface area contributed by atoms with Gasteiger partial charge in [-0.1, -0.05) is 25.1 Å². The number of likely N-dealkylation sites (tertiary alicyclic amines) is 1. The number of halogens is 3. The van der Waals surface area contributed by atoms with Crippen LogP contribution >= 0.6 is 0 Å². The van der Waals surface area contributed by atoms with Crippen molar-refractivity contribution in [3.8, 4) is 0 Å². The average Bonchev–Trinajstić information content (AvgIpc) is 2.41. The number of rotatable bonds is 3. The average molecular weight is 287 g/mol. The number of aliphatic hydroxyl groups excluding tert-OH is 1. The first kappa shape index (κ1) is 15.3. The van der Waals surface area contributed by atoms with Gasteiger partial charge in [-0.15, -0.1) is 0 Å². The Morgan fingerprint density at radius 3 is 2.75 bits per heavy atom. The molecule has 1 aromatic rings. The van der Waals surface area contributed by atoms with Crippen molar-refractivity contribution in [1.82, 2.24) is 4.90 Å². The van der Waals surface area contributed by atoms with Crippen molar-refractivity contribution in [2.24, 2.45) is 5.92 Å². The van der Waals surface area contributed by atoms with Crippen LogP contribution in [-0.2, 0) is 12.6 Å². The lowest BCUT2D eigenvalue weighted by molar-refractivity contribution is -0.137. The molecule has 2 unspecified atom stereocenters. The third kappa shape index (κ3) is 3.73. The molecular weight excluding hydrogens is 267 g/mol. The summed E-state index contributed by atoms with van der Waals surface area (Å²) in [4.78, 5) is 2.23. The first-order valence-corrected chi connectivity index (χ1v) is 6.96. The number of aliphatic hydroxyl groups is 1. The zero-order valence-electron chi connectivity index (χ0n) is 11.5. The Kier molecular flexibility index (Phi) is 4.70. The van der Waals surface area contributed by atoms with E-state index in [4.69, 9.17) is 0 Å². The van der Waals surface area contributed by atoms with Crippen molar-refractivity contribution < 1.29 is 18.3 Å². The van der Waals surface area contributed by atoms with Gasteiger partial charge >= 0.3 is 6.18 Å². The molecule has 0 saturated carbocycles. The minimum Gasteiger partial charge on any atom is -0.393 e. The molecule has 0 bridgehead atoms. The lowest BCUT2D eigenvalue weighted by Gasteiger charge is -2.35. The molecule has 1 saturated heterocycles. The van der Waals surface area contributed by atoms with Crippen molar-refractivity contribution in [3.63, 3.8) is 0 Å². The molecule has 0 aliphatic carbocycles. The Bertz CT molecular complexity index is 447. The first-order valence-electron chi connectivity index (χ1n) is 6.96. The van der Waals surface area contributed by atoms with Crippen LogP contribution in [-0.4, -0.2) is 35.7 Å². The van der Waals surface area contributed by atoms with Gasteiger partial charge in [-0.3, -0.25) is 0 Å². The molecule has 0 amide bonds. The summed E-state index contributed by atoms with van der Waals surface area (Å²) in [5.74, 6) is 0.00665. The maximum absolute atomic E-state index is 12.7. The van der Waals surface area contributed by atoms with Gasteiger partial charge in [0.2, 0.25) is 0 Å². The second-order valence-corrected chi connectivity index (χ2v) is 5.41. The van der Waals surface area contributed by atoms with Gasteiger partial charge in [0.25, 0.3) is 0 Å². The molecule has 0 spiro atoms. The van der Waals surface area contributed by atoms with E-state index in [9.17, 15) is 18.3 Å². The highest BCUT2D eigenvalue weighted by molar-refractivity contribution is 5.26. The fourth-order valence-electron chi connectivity index (χ4n) is 2.76. The summed E-state index contributed by atoms with van der Waals surface area (Å²) in [6, 6.07) is 5.41. The van der Waals surface area contributed by atoms with Crippen molar-refractivity contribution in [2.75, 3.05) is 19.6 Å². The van der Waals surface area contributed by atoms with Crippen LogP contribution in [0.3, 0.4) is 0 Å². The van der Waals surface area contributed by atoms with Crippen molar-refractivity contribution >= 4 is 0 Å². The topological polar surface area (TPSA) is 23.5 Å². The molecule has 2 nitrogen and oxygen atoms in total. The fraction of sp³-hybridized carbons (Fsp3) is 0.600. The van der Waals surface area contributed by atoms with Gasteiger partial charge in [-0.05, 0) is 31.0 Å². The van der Waals surface area contributed by atoms with Crippen LogP contribution in [0.2, 0.25) is 0 Å². The number of piperidine rings is 1. The molecule has 2 atom stereocenters. The SMILES string of the molecule is CCN1CCC(O)C(Cc2cccc(C(F)(F)F)c2)C1. The predicted octanol–water partition coefficient (Wildman–Crippen LogP) is 2.95. The van der Waals surface area contributed by atoms with E-state index < -0.39 is 17.8 Å². The van der Waals surface area contributed by atoms with Crippen molar-refractivity contribution in [1.29, 1.82) is 0 Å². The van der Waals surface area contributed by atoms with Crippen LogP contribution in [0.4, 0.5) is 13.2 Å². The quantitative estimate of drug-likeness (QED) is 0.924. The van der Waals surface area contributed by atoms with E-state index >= 15 is 0 Å². The van der Waals surface area contributed by atoms with Gasteiger partial charge < -0.3 is 10.0 Å². The highest BCUT2D eigenvalue weighted by atomic mass is 19.4. The monoisotopic (exact) mass is 287 g/mol. The van der Waals surface area contributed by atoms with Crippen molar-refractivity contribution in [2.45, 2.75) is 32.0 Å². The van der Waals surface area contributed by atoms with E-state index in [1.54, 1.807) is 6.07 Å². The molecule has 0 aromatic heterocycles. The summed E-state index contributed by atoms with van der Waals surface area (Å²) in [6.07, 6.45) is -3.55. The smallest absolute Gasteiger partial charge is 0.393 e. The van der Waals surface area contributed by atoms with Gasteiger partial charge in [0, 0.05) is 19.0 Å². The molecular formula is C15H20F3NO. The van der Waals surface area contributed by atoms with Gasteiger partial charge in [-0.2, -0.15) is 13.2 Å². The summed E-state index contributed by atoms with van der Waals surface area (Å²) < 4.78 is 38.0. The van der Waals surface area contributed by atoms with Crippen molar-refractivity contribution in [3.05, 3.63) is 35.4 Å². The largest absolute Gasteiger partial charge is 0.416 e. The predicted molar refractivity (Wildman–Crippen MR) is 71.4 cm³/mol. The zero-order valence-corrected chi connectivity index (χ0v) is 11.5. The molecule has 1 N–H and O–H groups in total. The normalized spacial score (nSPS) is 24.9. The van der Waals surface area contributed by atoms with Gasteiger partial charge in [0.1, 0.15) is 0 Å². The Morgan fingerprint density at radius 2 is 2.10 bits per heavy atom. The molecule has 1 aromatic carbocycles. The van der Waals surface area contributed by atoms with Crippen LogP contribution < -0.4 is 0 Å². The molecule has 1 aliphatic rings. The van der Waals surface area contributed by atoms with Crippen LogP contribution in [0.15, 0.2) is 24.3 Å². The molecule has 0 radical (unpaired) electrons. The minimum absolute atomic E-state index is 0.00665. The lowest BCUT2D eigenvalue weighted by Crippen LogP contribution is -2.43. The molecule has 1 heterocycles. The number of nitrogens with zero attached hydrogens (tertiary/aromatic N) is 1. The molecule has 5 heteroatoms. The van der Waals surface area contributed by atoms with Gasteiger partial charge in [0.05, 0.1) is 11.7 Å². The maximum atomic E-state index is 12.7. The standard InChI is InChI=1S/C15H20F3NO/c1-2-19-7-6-14(20)12(10-19)8-11-4-3-5-13(9-11)15(16,17)18/h3-5,9,12,14,20H,2,6-8,10H2,1H3. The van der Waals surface area contributed by atoms with E-state index in [1.165, 1.54) is 12.1 Å². The van der Waals surface area contributed by atoms with Crippen LogP contribution in [0.5, 0.6) is 0 Å². The van der Waals surface area contributed by atoms with E-state index in [1.807, 2.05) is 0 Å². The number of alkyl halides is 3. The minimum atomic E-state index is -4.31. The maximum Gasteiger partial charge on any atom is 0.416 e. The molecule has 2 rings (SSSR count). The number of hydrogen-bond donors (Lipinski definition) is 1. The zero-order chi connectivity index (χ0) is 14.8. The van der Waals surface area contributed by atoms with E-state index in [0.717, 1.165) is 25.7 Å². The van der Waals surface area contributed by atoms with Gasteiger partial charge in [-0.25, -0.2) is 0 Å². The number of benzene rings is 1. The third-order valence-corrected chi connectivity index (χ3v) is 3.98. The molecule has 112 valence electrons. The lowest BCUT2D eigenvalue weighted by atomic mass is 9.88. The summed E-state index contributed by atoms with van der Waals surface area (Å²) in [5.41, 5.74) is 0.0227. The summed E-state index contributed by atoms with van der Waals surface area (Å²) >= 11 is 0. The molecule has 20 heavy (non-hydrogen) atoms. The van der Waals surface area contributed by atoms with Crippen LogP contribution in [0, 0.1) is 5.92 Å². The highest BCUT2D eigenvalue weighted by Crippen LogP contribution is 2.30. The Balaban J connectivity index is 2.09. The summed E-state index contributed by atoms with van der Waals surface area (Å²) in [5, 5.41) is 10.0. The Hall–Kier alpha value is -1.07. The fourth-order valence-corrected chi connectivity index (χ4v) is 2.76. The number of hydrogen-bond acceptors (Lipinski definition) is 2. The van der Waals surface area contributed by atoms with E-state index in [-0.39, 0.29) is 5.92 Å². The summed E-state index contributed by atoms with van der Waals surface area (Å²) in [6.45, 7) is 4.56. The second-order valence-electron chi connectivity index (χ2n) is 5.41. The molecule has 1 fully saturated rings. The van der Waals surface area contributed by atoms with Crippen LogP contribution in [0.25, 0.3) is 0 Å². The molecule has 1 aliphatic heterocycles. The second kappa shape index (κ2) is 6.14. The van der Waals surface area contributed by atoms with Gasteiger partial charge in [0.15, 0.2) is 0 Å². The third-order valence-electron chi connectivity index (χ3n) is 3.98. The van der Waals surface area contributed by atoms with E-state index in [0.29, 0.717) is 18.4 Å².